The van der Waals surface area contributed by atoms with Crippen LogP contribution in [0.1, 0.15) is 20.8 Å². The van der Waals surface area contributed by atoms with Crippen molar-refractivity contribution in [1.29, 1.82) is 0 Å². The molecule has 5 atom stereocenters. The monoisotopic (exact) mass is 390 g/mol. The molecule has 3 heterocycles. The molecule has 28 heavy (non-hydrogen) atoms. The van der Waals surface area contributed by atoms with E-state index in [1.165, 1.54) is 19.1 Å². The Morgan fingerprint density at radius 1 is 1.43 bits per heavy atom. The molecule has 0 aromatic carbocycles. The molecule has 3 aliphatic heterocycles. The largest absolute Gasteiger partial charge is 0.476 e. The summed E-state index contributed by atoms with van der Waals surface area (Å²) >= 11 is 0. The van der Waals surface area contributed by atoms with Gasteiger partial charge in [0.1, 0.15) is 24.1 Å². The Bertz CT molecular complexity index is 848. The summed E-state index contributed by atoms with van der Waals surface area (Å²) in [6.07, 6.45) is 0.347. The smallest absolute Gasteiger partial charge is 0.336 e. The van der Waals surface area contributed by atoms with Crippen LogP contribution in [0, 0.1) is 5.92 Å². The van der Waals surface area contributed by atoms with Crippen LogP contribution in [0.2, 0.25) is 0 Å². The molecule has 2 N–H and O–H groups in total. The number of ketones is 1. The molecule has 150 valence electrons. The maximum absolute atomic E-state index is 12.6. The van der Waals surface area contributed by atoms with Gasteiger partial charge in [0, 0.05) is 11.6 Å². The van der Waals surface area contributed by atoms with E-state index in [9.17, 15) is 24.6 Å². The summed E-state index contributed by atoms with van der Waals surface area (Å²) in [6.45, 7) is 7.76. The molecule has 1 fully saturated rings. The fraction of sp³-hybridized carbons (Fsp3) is 0.450. The molecule has 8 nitrogen and oxygen atoms in total. The van der Waals surface area contributed by atoms with Crippen LogP contribution in [0.25, 0.3) is 0 Å². The molecule has 0 aromatic rings. The quantitative estimate of drug-likeness (QED) is 0.528. The number of esters is 2. The van der Waals surface area contributed by atoms with Gasteiger partial charge in [-0.05, 0) is 32.4 Å². The van der Waals surface area contributed by atoms with Crippen LogP contribution in [-0.4, -0.2) is 58.5 Å². The second kappa shape index (κ2) is 7.03. The zero-order valence-electron chi connectivity index (χ0n) is 15.8. The van der Waals surface area contributed by atoms with Crippen LogP contribution in [0.3, 0.4) is 0 Å². The Labute approximate surface area is 161 Å². The fourth-order valence-electron chi connectivity index (χ4n) is 3.55. The van der Waals surface area contributed by atoms with Gasteiger partial charge >= 0.3 is 11.9 Å². The van der Waals surface area contributed by atoms with Gasteiger partial charge in [0.15, 0.2) is 5.60 Å². The Kier molecular flexibility index (Phi) is 5.03. The molecule has 0 aromatic heterocycles. The van der Waals surface area contributed by atoms with E-state index in [1.807, 2.05) is 0 Å². The first-order valence-corrected chi connectivity index (χ1v) is 8.82. The van der Waals surface area contributed by atoms with Crippen LogP contribution in [-0.2, 0) is 28.6 Å². The molecule has 5 unspecified atom stereocenters. The van der Waals surface area contributed by atoms with Crippen LogP contribution >= 0.6 is 0 Å². The zero-order valence-corrected chi connectivity index (χ0v) is 15.8. The van der Waals surface area contributed by atoms with Crippen molar-refractivity contribution in [3.05, 3.63) is 47.3 Å². The summed E-state index contributed by atoms with van der Waals surface area (Å²) in [5, 5.41) is 20.4. The minimum atomic E-state index is -1.72. The summed E-state index contributed by atoms with van der Waals surface area (Å²) in [5.74, 6) is -2.74. The SMILES string of the molecule is C=C1C(=O)OC2C=C(C)C3=CC(=O)C(C)(O3)C(O)C(OC(=O)C(=CC)CO)C12. The topological polar surface area (TPSA) is 119 Å². The van der Waals surface area contributed by atoms with Crippen LogP contribution < -0.4 is 0 Å². The maximum atomic E-state index is 12.6. The van der Waals surface area contributed by atoms with Crippen molar-refractivity contribution in [3.63, 3.8) is 0 Å². The molecular formula is C20H22O8. The van der Waals surface area contributed by atoms with Gasteiger partial charge in [-0.2, -0.15) is 0 Å². The fourth-order valence-corrected chi connectivity index (χ4v) is 3.55. The number of carbonyl (C=O) groups is 3. The van der Waals surface area contributed by atoms with E-state index in [0.29, 0.717) is 5.57 Å². The first kappa shape index (κ1) is 20.0. The molecule has 2 bridgehead atoms. The predicted octanol–water partition coefficient (Wildman–Crippen LogP) is 0.497. The molecule has 0 radical (unpaired) electrons. The van der Waals surface area contributed by atoms with Crippen molar-refractivity contribution in [2.24, 2.45) is 5.92 Å². The summed E-state index contributed by atoms with van der Waals surface area (Å²) < 4.78 is 16.5. The first-order chi connectivity index (χ1) is 13.1. The minimum Gasteiger partial charge on any atom is -0.476 e. The number of allylic oxidation sites excluding steroid dienone is 2. The Balaban J connectivity index is 2.11. The highest BCUT2D eigenvalue weighted by atomic mass is 16.6. The molecule has 8 heteroatoms. The van der Waals surface area contributed by atoms with Crippen LogP contribution in [0.5, 0.6) is 0 Å². The molecule has 0 aliphatic carbocycles. The van der Waals surface area contributed by atoms with Gasteiger partial charge in [0.05, 0.1) is 18.1 Å². The van der Waals surface area contributed by atoms with Gasteiger partial charge < -0.3 is 24.4 Å². The number of hydrogen-bond donors (Lipinski definition) is 2. The number of fused-ring (bicyclic) bond motifs is 3. The number of aliphatic hydroxyl groups is 2. The Morgan fingerprint density at radius 3 is 2.71 bits per heavy atom. The van der Waals surface area contributed by atoms with Gasteiger partial charge in [0.2, 0.25) is 5.78 Å². The number of hydrogen-bond acceptors (Lipinski definition) is 8. The van der Waals surface area contributed by atoms with Crippen molar-refractivity contribution in [2.45, 2.75) is 44.7 Å². The molecule has 0 saturated carbocycles. The van der Waals surface area contributed by atoms with Crippen molar-refractivity contribution in [3.8, 4) is 0 Å². The van der Waals surface area contributed by atoms with Gasteiger partial charge in [-0.1, -0.05) is 12.7 Å². The van der Waals surface area contributed by atoms with Crippen LogP contribution in [0.4, 0.5) is 0 Å². The van der Waals surface area contributed by atoms with Crippen molar-refractivity contribution < 1.29 is 38.8 Å². The first-order valence-electron chi connectivity index (χ1n) is 8.82. The summed E-state index contributed by atoms with van der Waals surface area (Å²) in [6, 6.07) is 0. The molecule has 3 aliphatic rings. The molecular weight excluding hydrogens is 368 g/mol. The predicted molar refractivity (Wildman–Crippen MR) is 95.6 cm³/mol. The highest BCUT2D eigenvalue weighted by Crippen LogP contribution is 2.42. The number of rotatable bonds is 3. The molecule has 0 amide bonds. The number of carbonyl (C=O) groups excluding carboxylic acids is 3. The standard InChI is InChI=1S/C20H22O8/c1-5-11(8-21)19(25)27-16-15-10(3)18(24)26-13(15)6-9(2)12-7-14(22)20(4,28-12)17(16)23/h5-7,13,15-17,21,23H,3,8H2,1-2,4H3. The van der Waals surface area contributed by atoms with Gasteiger partial charge in [0.25, 0.3) is 0 Å². The van der Waals surface area contributed by atoms with E-state index in [4.69, 9.17) is 14.2 Å². The normalized spacial score (nSPS) is 35.0. The average Bonchev–Trinajstić information content (AvgIpc) is 3.10. The highest BCUT2D eigenvalue weighted by Gasteiger charge is 2.57. The zero-order chi connectivity index (χ0) is 20.8. The third-order valence-corrected chi connectivity index (χ3v) is 5.39. The van der Waals surface area contributed by atoms with Crippen molar-refractivity contribution in [1.82, 2.24) is 0 Å². The van der Waals surface area contributed by atoms with Gasteiger partial charge in [-0.25, -0.2) is 9.59 Å². The number of aliphatic hydroxyl groups excluding tert-OH is 2. The van der Waals surface area contributed by atoms with E-state index in [1.54, 1.807) is 19.9 Å². The second-order valence-corrected chi connectivity index (χ2v) is 7.14. The summed E-state index contributed by atoms with van der Waals surface area (Å²) in [4.78, 5) is 37.2. The van der Waals surface area contributed by atoms with Crippen molar-refractivity contribution in [2.75, 3.05) is 6.61 Å². The van der Waals surface area contributed by atoms with E-state index in [2.05, 4.69) is 6.58 Å². The minimum absolute atomic E-state index is 0.0136. The number of ether oxygens (including phenoxy) is 3. The Hall–Kier alpha value is -2.71. The molecule has 1 saturated heterocycles. The Morgan fingerprint density at radius 2 is 2.11 bits per heavy atom. The lowest BCUT2D eigenvalue weighted by molar-refractivity contribution is -0.176. The van der Waals surface area contributed by atoms with Gasteiger partial charge in [-0.3, -0.25) is 4.79 Å². The van der Waals surface area contributed by atoms with Crippen molar-refractivity contribution >= 4 is 17.7 Å². The van der Waals surface area contributed by atoms with E-state index in [-0.39, 0.29) is 16.9 Å². The summed E-state index contributed by atoms with van der Waals surface area (Å²) in [5.41, 5.74) is -1.20. The second-order valence-electron chi connectivity index (χ2n) is 7.14. The maximum Gasteiger partial charge on any atom is 0.336 e. The lowest BCUT2D eigenvalue weighted by Crippen LogP contribution is -2.56. The van der Waals surface area contributed by atoms with Gasteiger partial charge in [-0.15, -0.1) is 0 Å². The molecule has 0 spiro atoms. The van der Waals surface area contributed by atoms with Crippen LogP contribution in [0.15, 0.2) is 47.3 Å². The van der Waals surface area contributed by atoms with E-state index < -0.39 is 54.2 Å². The third-order valence-electron chi connectivity index (χ3n) is 5.39. The van der Waals surface area contributed by atoms with E-state index in [0.717, 1.165) is 0 Å². The average molecular weight is 390 g/mol. The summed E-state index contributed by atoms with van der Waals surface area (Å²) in [7, 11) is 0. The van der Waals surface area contributed by atoms with E-state index >= 15 is 0 Å². The molecule has 3 rings (SSSR count). The lowest BCUT2D eigenvalue weighted by Gasteiger charge is -2.36. The third kappa shape index (κ3) is 2.98. The highest BCUT2D eigenvalue weighted by molar-refractivity contribution is 6.01. The lowest BCUT2D eigenvalue weighted by atomic mass is 9.80.